The van der Waals surface area contributed by atoms with Gasteiger partial charge in [-0.2, -0.15) is 5.26 Å². The number of unbranched alkanes of at least 4 members (excludes halogenated alkanes) is 2. The molecule has 3 heteroatoms. The summed E-state index contributed by atoms with van der Waals surface area (Å²) in [6, 6.07) is 2.49. The summed E-state index contributed by atoms with van der Waals surface area (Å²) in [4.78, 5) is 2.26. The number of hydrogen-bond donors (Lipinski definition) is 1. The molecule has 0 spiro atoms. The minimum Gasteiger partial charge on any atom is -0.396 e. The van der Waals surface area contributed by atoms with E-state index in [-0.39, 0.29) is 6.04 Å². The van der Waals surface area contributed by atoms with Gasteiger partial charge in [-0.05, 0) is 45.2 Å². The molecule has 0 aliphatic carbocycles. The second kappa shape index (κ2) is 5.95. The molecule has 0 bridgehead atoms. The lowest BCUT2D eigenvalue weighted by Crippen LogP contribution is -2.29. The van der Waals surface area contributed by atoms with Gasteiger partial charge in [-0.3, -0.25) is 4.90 Å². The molecule has 0 amide bonds. The van der Waals surface area contributed by atoms with Crippen molar-refractivity contribution in [3.8, 4) is 6.07 Å². The summed E-state index contributed by atoms with van der Waals surface area (Å²) in [7, 11) is 0. The molecule has 1 N–H and O–H groups in total. The van der Waals surface area contributed by atoms with Crippen molar-refractivity contribution in [3.05, 3.63) is 0 Å². The third kappa shape index (κ3) is 3.33. The molecule has 1 saturated heterocycles. The van der Waals surface area contributed by atoms with Crippen molar-refractivity contribution < 1.29 is 5.11 Å². The lowest BCUT2D eigenvalue weighted by Gasteiger charge is -2.18. The van der Waals surface area contributed by atoms with Crippen LogP contribution < -0.4 is 0 Å². The number of likely N-dealkylation sites (tertiary alicyclic amines) is 1. The van der Waals surface area contributed by atoms with E-state index < -0.39 is 0 Å². The number of rotatable bonds is 5. The maximum absolute atomic E-state index is 8.81. The van der Waals surface area contributed by atoms with Gasteiger partial charge in [0.25, 0.3) is 0 Å². The Kier molecular flexibility index (Phi) is 4.81. The van der Waals surface area contributed by atoms with E-state index in [1.165, 1.54) is 0 Å². The fraction of sp³-hybridized carbons (Fsp3) is 0.900. The van der Waals surface area contributed by atoms with Crippen LogP contribution in [0.5, 0.6) is 0 Å². The number of hydrogen-bond acceptors (Lipinski definition) is 3. The molecule has 0 aromatic rings. The van der Waals surface area contributed by atoms with Crippen molar-refractivity contribution in [2.75, 3.05) is 19.7 Å². The van der Waals surface area contributed by atoms with Crippen molar-refractivity contribution in [2.45, 2.75) is 38.1 Å². The Morgan fingerprint density at radius 1 is 1.38 bits per heavy atom. The van der Waals surface area contributed by atoms with Gasteiger partial charge in [0.15, 0.2) is 0 Å². The molecule has 1 aliphatic rings. The van der Waals surface area contributed by atoms with Crippen molar-refractivity contribution in [3.63, 3.8) is 0 Å². The zero-order chi connectivity index (χ0) is 9.52. The van der Waals surface area contributed by atoms with Crippen LogP contribution in [0.4, 0.5) is 0 Å². The largest absolute Gasteiger partial charge is 0.396 e. The molecule has 13 heavy (non-hydrogen) atoms. The van der Waals surface area contributed by atoms with Crippen LogP contribution >= 0.6 is 0 Å². The minimum atomic E-state index is 0.161. The van der Waals surface area contributed by atoms with Gasteiger partial charge < -0.3 is 5.11 Å². The quantitative estimate of drug-likeness (QED) is 0.648. The van der Waals surface area contributed by atoms with E-state index in [1.807, 2.05) is 0 Å². The first-order valence-corrected chi connectivity index (χ1v) is 5.13. The fourth-order valence-electron chi connectivity index (χ4n) is 1.84. The Morgan fingerprint density at radius 2 is 2.23 bits per heavy atom. The summed E-state index contributed by atoms with van der Waals surface area (Å²) < 4.78 is 0. The number of nitriles is 1. The minimum absolute atomic E-state index is 0.161. The van der Waals surface area contributed by atoms with Gasteiger partial charge in [0, 0.05) is 6.61 Å². The maximum Gasteiger partial charge on any atom is 0.0978 e. The van der Waals surface area contributed by atoms with E-state index in [9.17, 15) is 0 Å². The molecular formula is C10H18N2O. The monoisotopic (exact) mass is 182 g/mol. The van der Waals surface area contributed by atoms with E-state index in [2.05, 4.69) is 11.0 Å². The molecule has 1 heterocycles. The summed E-state index contributed by atoms with van der Waals surface area (Å²) in [5.41, 5.74) is 0. The highest BCUT2D eigenvalue weighted by molar-refractivity contribution is 4.95. The highest BCUT2D eigenvalue weighted by Gasteiger charge is 2.22. The number of aliphatic hydroxyl groups excluding tert-OH is 1. The van der Waals surface area contributed by atoms with Crippen LogP contribution in [0.3, 0.4) is 0 Å². The van der Waals surface area contributed by atoms with Gasteiger partial charge in [-0.15, -0.1) is 0 Å². The smallest absolute Gasteiger partial charge is 0.0978 e. The Bertz CT molecular complexity index is 176. The molecule has 1 atom stereocenters. The normalized spacial score (nSPS) is 23.2. The van der Waals surface area contributed by atoms with E-state index >= 15 is 0 Å². The molecule has 0 aromatic carbocycles. The van der Waals surface area contributed by atoms with Crippen LogP contribution in [0.15, 0.2) is 0 Å². The van der Waals surface area contributed by atoms with Crippen LogP contribution in [-0.2, 0) is 0 Å². The average molecular weight is 182 g/mol. The second-order valence-electron chi connectivity index (χ2n) is 3.61. The SMILES string of the molecule is N#CC1CCCN1CCCCCO. The van der Waals surface area contributed by atoms with Gasteiger partial charge in [0.05, 0.1) is 12.1 Å². The highest BCUT2D eigenvalue weighted by Crippen LogP contribution is 2.16. The third-order valence-electron chi connectivity index (χ3n) is 2.62. The molecule has 3 nitrogen and oxygen atoms in total. The second-order valence-corrected chi connectivity index (χ2v) is 3.61. The Labute approximate surface area is 80.0 Å². The van der Waals surface area contributed by atoms with E-state index in [4.69, 9.17) is 10.4 Å². The number of aliphatic hydroxyl groups is 1. The van der Waals surface area contributed by atoms with Crippen LogP contribution in [0.25, 0.3) is 0 Å². The zero-order valence-corrected chi connectivity index (χ0v) is 8.08. The van der Waals surface area contributed by atoms with Gasteiger partial charge in [-0.1, -0.05) is 0 Å². The molecule has 1 fully saturated rings. The Hall–Kier alpha value is -0.590. The molecule has 0 aromatic heterocycles. The third-order valence-corrected chi connectivity index (χ3v) is 2.62. The van der Waals surface area contributed by atoms with Crippen LogP contribution in [-0.4, -0.2) is 35.7 Å². The van der Waals surface area contributed by atoms with Crippen molar-refractivity contribution >= 4 is 0 Å². The summed E-state index contributed by atoms with van der Waals surface area (Å²) in [5.74, 6) is 0. The van der Waals surface area contributed by atoms with Gasteiger partial charge >= 0.3 is 0 Å². The molecule has 0 saturated carbocycles. The van der Waals surface area contributed by atoms with Crippen molar-refractivity contribution in [1.82, 2.24) is 4.90 Å². The summed E-state index contributed by atoms with van der Waals surface area (Å²) >= 11 is 0. The topological polar surface area (TPSA) is 47.3 Å². The first kappa shape index (κ1) is 10.5. The summed E-state index contributed by atoms with van der Waals surface area (Å²) in [5, 5.41) is 17.4. The molecule has 1 unspecified atom stereocenters. The molecule has 74 valence electrons. The Balaban J connectivity index is 2.10. The van der Waals surface area contributed by atoms with Gasteiger partial charge in [0.1, 0.15) is 0 Å². The van der Waals surface area contributed by atoms with Gasteiger partial charge in [-0.25, -0.2) is 0 Å². The van der Waals surface area contributed by atoms with E-state index in [1.54, 1.807) is 0 Å². The van der Waals surface area contributed by atoms with Crippen LogP contribution in [0, 0.1) is 11.3 Å². The van der Waals surface area contributed by atoms with E-state index in [0.29, 0.717) is 6.61 Å². The molecule has 1 aliphatic heterocycles. The van der Waals surface area contributed by atoms with Gasteiger partial charge in [0.2, 0.25) is 0 Å². The highest BCUT2D eigenvalue weighted by atomic mass is 16.2. The lowest BCUT2D eigenvalue weighted by atomic mass is 10.2. The molecular weight excluding hydrogens is 164 g/mol. The fourth-order valence-corrected chi connectivity index (χ4v) is 1.84. The number of nitrogens with zero attached hydrogens (tertiary/aromatic N) is 2. The predicted octanol–water partition coefficient (Wildman–Crippen LogP) is 1.14. The lowest BCUT2D eigenvalue weighted by molar-refractivity contribution is 0.262. The first-order valence-electron chi connectivity index (χ1n) is 5.13. The maximum atomic E-state index is 8.81. The van der Waals surface area contributed by atoms with Crippen LogP contribution in [0.1, 0.15) is 32.1 Å². The van der Waals surface area contributed by atoms with Crippen molar-refractivity contribution in [2.24, 2.45) is 0 Å². The summed E-state index contributed by atoms with van der Waals surface area (Å²) in [6.07, 6.45) is 5.28. The first-order chi connectivity index (χ1) is 6.38. The molecule has 1 rings (SSSR count). The summed E-state index contributed by atoms with van der Waals surface area (Å²) in [6.45, 7) is 2.40. The van der Waals surface area contributed by atoms with Crippen LogP contribution in [0.2, 0.25) is 0 Å². The van der Waals surface area contributed by atoms with Crippen molar-refractivity contribution in [1.29, 1.82) is 5.26 Å². The predicted molar refractivity (Wildman–Crippen MR) is 51.1 cm³/mol. The van der Waals surface area contributed by atoms with E-state index in [0.717, 1.165) is 45.2 Å². The molecule has 0 radical (unpaired) electrons. The Morgan fingerprint density at radius 3 is 2.92 bits per heavy atom. The standard InChI is InChI=1S/C10H18N2O/c11-9-10-5-4-7-12(10)6-2-1-3-8-13/h10,13H,1-8H2. The average Bonchev–Trinajstić information content (AvgIpc) is 2.60. The zero-order valence-electron chi connectivity index (χ0n) is 8.08.